The topological polar surface area (TPSA) is 63.9 Å². The molecule has 0 radical (unpaired) electrons. The first-order valence-corrected chi connectivity index (χ1v) is 9.27. The Morgan fingerprint density at radius 2 is 2.20 bits per heavy atom. The summed E-state index contributed by atoms with van der Waals surface area (Å²) in [5, 5.41) is 4.16. The van der Waals surface area contributed by atoms with Gasteiger partial charge in [-0.25, -0.2) is 9.67 Å². The van der Waals surface area contributed by atoms with E-state index in [-0.39, 0.29) is 24.0 Å². The molecule has 0 bridgehead atoms. The van der Waals surface area contributed by atoms with E-state index in [9.17, 15) is 4.79 Å². The number of nitrogens with zero attached hydrogens (tertiary/aromatic N) is 5. The highest BCUT2D eigenvalue weighted by Gasteiger charge is 2.36. The van der Waals surface area contributed by atoms with E-state index in [0.29, 0.717) is 0 Å². The van der Waals surface area contributed by atoms with Crippen LogP contribution in [0.2, 0.25) is 0 Å². The highest BCUT2D eigenvalue weighted by molar-refractivity contribution is 5.80. The van der Waals surface area contributed by atoms with Crippen molar-refractivity contribution in [3.63, 3.8) is 0 Å². The SMILES string of the molecule is CCC(CC)N(C(=O)[C@H](C)n1cncn1)[C@@H]1CCCc2cccnc21. The van der Waals surface area contributed by atoms with Gasteiger partial charge in [0.05, 0.1) is 11.7 Å². The normalized spacial score (nSPS) is 18.0. The van der Waals surface area contributed by atoms with Gasteiger partial charge in [0.25, 0.3) is 0 Å². The molecule has 6 heteroatoms. The Bertz CT molecular complexity index is 696. The molecule has 25 heavy (non-hydrogen) atoms. The van der Waals surface area contributed by atoms with E-state index in [1.54, 1.807) is 11.0 Å². The molecule has 0 aromatic carbocycles. The molecule has 0 spiro atoms. The van der Waals surface area contributed by atoms with E-state index < -0.39 is 0 Å². The summed E-state index contributed by atoms with van der Waals surface area (Å²) < 4.78 is 1.64. The number of amides is 1. The molecule has 1 aliphatic carbocycles. The predicted molar refractivity (Wildman–Crippen MR) is 95.9 cm³/mol. The maximum Gasteiger partial charge on any atom is 0.248 e. The second-order valence-corrected chi connectivity index (χ2v) is 6.72. The summed E-state index contributed by atoms with van der Waals surface area (Å²) >= 11 is 0. The quantitative estimate of drug-likeness (QED) is 0.808. The first-order valence-electron chi connectivity index (χ1n) is 9.27. The van der Waals surface area contributed by atoms with E-state index in [2.05, 4.69) is 39.9 Å². The highest BCUT2D eigenvalue weighted by atomic mass is 16.2. The number of carbonyl (C=O) groups is 1. The maximum absolute atomic E-state index is 13.4. The molecule has 2 aromatic heterocycles. The van der Waals surface area contributed by atoms with Gasteiger partial charge in [0.2, 0.25) is 5.91 Å². The molecule has 2 atom stereocenters. The number of rotatable bonds is 6. The molecule has 0 N–H and O–H groups in total. The van der Waals surface area contributed by atoms with E-state index >= 15 is 0 Å². The van der Waals surface area contributed by atoms with Gasteiger partial charge < -0.3 is 4.90 Å². The molecule has 0 fully saturated rings. The maximum atomic E-state index is 13.4. The summed E-state index contributed by atoms with van der Waals surface area (Å²) in [4.78, 5) is 24.1. The first-order chi connectivity index (χ1) is 12.2. The summed E-state index contributed by atoms with van der Waals surface area (Å²) in [6.45, 7) is 6.20. The lowest BCUT2D eigenvalue weighted by atomic mass is 9.89. The molecule has 1 aliphatic rings. The van der Waals surface area contributed by atoms with Crippen LogP contribution >= 0.6 is 0 Å². The van der Waals surface area contributed by atoms with Crippen LogP contribution in [-0.2, 0) is 11.2 Å². The zero-order chi connectivity index (χ0) is 17.8. The molecule has 3 rings (SSSR count). The number of aryl methyl sites for hydroxylation is 1. The van der Waals surface area contributed by atoms with Gasteiger partial charge in [-0.1, -0.05) is 19.9 Å². The molecular formula is C19H27N5O. The van der Waals surface area contributed by atoms with Crippen molar-refractivity contribution in [2.45, 2.75) is 71.0 Å². The van der Waals surface area contributed by atoms with Crippen molar-refractivity contribution in [3.8, 4) is 0 Å². The third-order valence-corrected chi connectivity index (χ3v) is 5.28. The standard InChI is InChI=1S/C19H27N5O/c1-4-16(5-2)24(19(25)14(3)23-13-20-12-22-23)17-10-6-8-15-9-7-11-21-18(15)17/h7,9,11-14,16-17H,4-6,8,10H2,1-3H3/t14-,17+/m0/s1. The second kappa shape index (κ2) is 7.76. The minimum absolute atomic E-state index is 0.0494. The van der Waals surface area contributed by atoms with Crippen LogP contribution in [0.25, 0.3) is 0 Å². The molecule has 0 saturated carbocycles. The number of hydrogen-bond acceptors (Lipinski definition) is 4. The predicted octanol–water partition coefficient (Wildman–Crippen LogP) is 3.33. The molecule has 2 aromatic rings. The summed E-state index contributed by atoms with van der Waals surface area (Å²) in [7, 11) is 0. The fourth-order valence-corrected chi connectivity index (χ4v) is 3.87. The highest BCUT2D eigenvalue weighted by Crippen LogP contribution is 2.36. The molecule has 0 aliphatic heterocycles. The minimum Gasteiger partial charge on any atom is -0.329 e. The summed E-state index contributed by atoms with van der Waals surface area (Å²) in [6.07, 6.45) is 9.90. The minimum atomic E-state index is -0.364. The van der Waals surface area contributed by atoms with Crippen LogP contribution < -0.4 is 0 Å². The van der Waals surface area contributed by atoms with Crippen molar-refractivity contribution in [1.29, 1.82) is 0 Å². The lowest BCUT2D eigenvalue weighted by molar-refractivity contribution is -0.140. The molecule has 2 heterocycles. The van der Waals surface area contributed by atoms with Gasteiger partial charge in [0.1, 0.15) is 18.7 Å². The summed E-state index contributed by atoms with van der Waals surface area (Å²) in [5.41, 5.74) is 2.34. The Kier molecular flexibility index (Phi) is 5.46. The molecular weight excluding hydrogens is 314 g/mol. The number of hydrogen-bond donors (Lipinski definition) is 0. The monoisotopic (exact) mass is 341 g/mol. The van der Waals surface area contributed by atoms with Crippen molar-refractivity contribution in [1.82, 2.24) is 24.6 Å². The lowest BCUT2D eigenvalue weighted by Crippen LogP contribution is -2.46. The third-order valence-electron chi connectivity index (χ3n) is 5.28. The molecule has 134 valence electrons. The van der Waals surface area contributed by atoms with Crippen molar-refractivity contribution >= 4 is 5.91 Å². The largest absolute Gasteiger partial charge is 0.329 e. The van der Waals surface area contributed by atoms with Gasteiger partial charge in [0.15, 0.2) is 0 Å². The Morgan fingerprint density at radius 1 is 1.40 bits per heavy atom. The average molecular weight is 341 g/mol. The van der Waals surface area contributed by atoms with Crippen molar-refractivity contribution in [2.75, 3.05) is 0 Å². The van der Waals surface area contributed by atoms with E-state index in [1.165, 1.54) is 11.9 Å². The number of aromatic nitrogens is 4. The number of carbonyl (C=O) groups excluding carboxylic acids is 1. The average Bonchev–Trinajstić information content (AvgIpc) is 3.19. The Labute approximate surface area is 149 Å². The molecule has 1 amide bonds. The molecule has 0 unspecified atom stereocenters. The Balaban J connectivity index is 1.97. The van der Waals surface area contributed by atoms with Crippen LogP contribution in [0, 0.1) is 0 Å². The van der Waals surface area contributed by atoms with Gasteiger partial charge in [0, 0.05) is 12.2 Å². The second-order valence-electron chi connectivity index (χ2n) is 6.72. The fourth-order valence-electron chi connectivity index (χ4n) is 3.87. The lowest BCUT2D eigenvalue weighted by Gasteiger charge is -2.41. The van der Waals surface area contributed by atoms with Crippen LogP contribution in [0.1, 0.15) is 69.8 Å². The smallest absolute Gasteiger partial charge is 0.248 e. The third kappa shape index (κ3) is 3.43. The van der Waals surface area contributed by atoms with Crippen molar-refractivity contribution in [3.05, 3.63) is 42.2 Å². The zero-order valence-corrected chi connectivity index (χ0v) is 15.3. The molecule has 6 nitrogen and oxygen atoms in total. The van der Waals surface area contributed by atoms with Gasteiger partial charge in [-0.05, 0) is 50.7 Å². The van der Waals surface area contributed by atoms with Crippen molar-refractivity contribution < 1.29 is 4.79 Å². The van der Waals surface area contributed by atoms with Gasteiger partial charge in [-0.15, -0.1) is 0 Å². The molecule has 0 saturated heterocycles. The van der Waals surface area contributed by atoms with Crippen molar-refractivity contribution in [2.24, 2.45) is 0 Å². The fraction of sp³-hybridized carbons (Fsp3) is 0.579. The van der Waals surface area contributed by atoms with Crippen LogP contribution in [-0.4, -0.2) is 36.6 Å². The van der Waals surface area contributed by atoms with Gasteiger partial charge in [-0.3, -0.25) is 9.78 Å². The first kappa shape index (κ1) is 17.6. The Morgan fingerprint density at radius 3 is 2.88 bits per heavy atom. The van der Waals surface area contributed by atoms with Crippen LogP contribution in [0.15, 0.2) is 31.0 Å². The van der Waals surface area contributed by atoms with E-state index in [1.807, 2.05) is 19.2 Å². The Hall–Kier alpha value is -2.24. The van der Waals surface area contributed by atoms with Crippen LogP contribution in [0.5, 0.6) is 0 Å². The zero-order valence-electron chi connectivity index (χ0n) is 15.3. The summed E-state index contributed by atoms with van der Waals surface area (Å²) in [6, 6.07) is 4.02. The van der Waals surface area contributed by atoms with Crippen LogP contribution in [0.3, 0.4) is 0 Å². The van der Waals surface area contributed by atoms with E-state index in [4.69, 9.17) is 0 Å². The summed E-state index contributed by atoms with van der Waals surface area (Å²) in [5.74, 6) is 0.0997. The number of pyridine rings is 1. The van der Waals surface area contributed by atoms with E-state index in [0.717, 1.165) is 37.8 Å². The van der Waals surface area contributed by atoms with Gasteiger partial charge >= 0.3 is 0 Å². The van der Waals surface area contributed by atoms with Crippen LogP contribution in [0.4, 0.5) is 0 Å². The number of fused-ring (bicyclic) bond motifs is 1. The van der Waals surface area contributed by atoms with Gasteiger partial charge in [-0.2, -0.15) is 5.10 Å².